The quantitative estimate of drug-likeness (QED) is 0.837. The van der Waals surface area contributed by atoms with E-state index in [-0.39, 0.29) is 23.1 Å². The Bertz CT molecular complexity index is 549. The van der Waals surface area contributed by atoms with Gasteiger partial charge in [-0.2, -0.15) is 0 Å². The number of hydrogen-bond acceptors (Lipinski definition) is 3. The Kier molecular flexibility index (Phi) is 4.58. The lowest BCUT2D eigenvalue weighted by Gasteiger charge is -2.34. The molecule has 2 amide bonds. The second-order valence-corrected chi connectivity index (χ2v) is 4.87. The van der Waals surface area contributed by atoms with Crippen molar-refractivity contribution in [3.63, 3.8) is 0 Å². The predicted molar refractivity (Wildman–Crippen MR) is 71.3 cm³/mol. The molecule has 22 heavy (non-hydrogen) atoms. The van der Waals surface area contributed by atoms with Gasteiger partial charge in [0.2, 0.25) is 5.91 Å². The van der Waals surface area contributed by atoms with Gasteiger partial charge in [0.05, 0.1) is 0 Å². The van der Waals surface area contributed by atoms with Crippen molar-refractivity contribution in [3.05, 3.63) is 29.8 Å². The molecular formula is C14H15F3N2O3. The summed E-state index contributed by atoms with van der Waals surface area (Å²) in [6.45, 7) is 3.18. The largest absolute Gasteiger partial charge is 0.573 e. The van der Waals surface area contributed by atoms with Gasteiger partial charge >= 0.3 is 6.36 Å². The fourth-order valence-corrected chi connectivity index (χ4v) is 2.21. The van der Waals surface area contributed by atoms with Crippen LogP contribution in [0.4, 0.5) is 13.2 Å². The summed E-state index contributed by atoms with van der Waals surface area (Å²) >= 11 is 0. The Balaban J connectivity index is 1.97. The van der Waals surface area contributed by atoms with E-state index >= 15 is 0 Å². The maximum Gasteiger partial charge on any atom is 0.573 e. The van der Waals surface area contributed by atoms with Crippen LogP contribution in [0.25, 0.3) is 0 Å². The minimum atomic E-state index is -4.76. The third-order valence-electron chi connectivity index (χ3n) is 3.35. The molecule has 1 aromatic rings. The second kappa shape index (κ2) is 6.25. The van der Waals surface area contributed by atoms with E-state index in [1.807, 2.05) is 0 Å². The summed E-state index contributed by atoms with van der Waals surface area (Å²) in [7, 11) is 0. The Hall–Kier alpha value is -2.25. The van der Waals surface area contributed by atoms with Crippen molar-refractivity contribution in [1.29, 1.82) is 0 Å². The molecule has 5 nitrogen and oxygen atoms in total. The zero-order valence-corrected chi connectivity index (χ0v) is 11.9. The van der Waals surface area contributed by atoms with E-state index in [1.54, 1.807) is 9.80 Å². The summed E-state index contributed by atoms with van der Waals surface area (Å²) < 4.78 is 39.9. The molecular weight excluding hydrogens is 301 g/mol. The normalized spacial score (nSPS) is 15.6. The van der Waals surface area contributed by atoms with Crippen LogP contribution in [0, 0.1) is 0 Å². The predicted octanol–water partition coefficient (Wildman–Crippen LogP) is 1.89. The van der Waals surface area contributed by atoms with E-state index in [0.29, 0.717) is 26.2 Å². The Morgan fingerprint density at radius 2 is 1.50 bits per heavy atom. The van der Waals surface area contributed by atoms with Gasteiger partial charge < -0.3 is 14.5 Å². The van der Waals surface area contributed by atoms with Crippen molar-refractivity contribution < 1.29 is 27.5 Å². The van der Waals surface area contributed by atoms with Crippen LogP contribution in [0.5, 0.6) is 5.75 Å². The molecule has 1 fully saturated rings. The molecule has 1 aliphatic rings. The molecule has 120 valence electrons. The number of halogens is 3. The molecule has 1 saturated heterocycles. The van der Waals surface area contributed by atoms with Crippen LogP contribution < -0.4 is 4.74 Å². The average Bonchev–Trinajstić information content (AvgIpc) is 2.46. The number of nitrogens with zero attached hydrogens (tertiary/aromatic N) is 2. The van der Waals surface area contributed by atoms with Gasteiger partial charge in [0.25, 0.3) is 5.91 Å². The highest BCUT2D eigenvalue weighted by molar-refractivity contribution is 5.94. The fraction of sp³-hybridized carbons (Fsp3) is 0.429. The molecule has 0 spiro atoms. The average molecular weight is 316 g/mol. The number of amides is 2. The number of benzene rings is 1. The summed E-state index contributed by atoms with van der Waals surface area (Å²) in [6, 6.07) is 4.79. The number of alkyl halides is 3. The number of piperazine rings is 1. The smallest absolute Gasteiger partial charge is 0.406 e. The summed E-state index contributed by atoms with van der Waals surface area (Å²) in [6.07, 6.45) is -4.76. The van der Waals surface area contributed by atoms with Crippen molar-refractivity contribution >= 4 is 11.8 Å². The monoisotopic (exact) mass is 316 g/mol. The van der Waals surface area contributed by atoms with Crippen LogP contribution in [0.15, 0.2) is 24.3 Å². The lowest BCUT2D eigenvalue weighted by Crippen LogP contribution is -2.50. The first-order chi connectivity index (χ1) is 10.3. The highest BCUT2D eigenvalue weighted by Crippen LogP contribution is 2.23. The van der Waals surface area contributed by atoms with Crippen molar-refractivity contribution in [3.8, 4) is 5.75 Å². The maximum atomic E-state index is 12.2. The second-order valence-electron chi connectivity index (χ2n) is 4.87. The van der Waals surface area contributed by atoms with Crippen LogP contribution in [0.3, 0.4) is 0 Å². The number of ether oxygens (including phenoxy) is 1. The van der Waals surface area contributed by atoms with Crippen LogP contribution in [0.2, 0.25) is 0 Å². The molecule has 1 aromatic carbocycles. The number of carbonyl (C=O) groups excluding carboxylic acids is 2. The highest BCUT2D eigenvalue weighted by Gasteiger charge is 2.31. The van der Waals surface area contributed by atoms with Crippen LogP contribution in [-0.2, 0) is 4.79 Å². The first-order valence-corrected chi connectivity index (χ1v) is 6.67. The molecule has 0 radical (unpaired) electrons. The third kappa shape index (κ3) is 4.12. The molecule has 0 saturated carbocycles. The minimum Gasteiger partial charge on any atom is -0.406 e. The molecule has 0 atom stereocenters. The zero-order chi connectivity index (χ0) is 16.3. The van der Waals surface area contributed by atoms with Crippen LogP contribution in [-0.4, -0.2) is 54.2 Å². The number of hydrogen-bond donors (Lipinski definition) is 0. The van der Waals surface area contributed by atoms with Gasteiger partial charge in [0, 0.05) is 38.7 Å². The molecule has 8 heteroatoms. The highest BCUT2D eigenvalue weighted by atomic mass is 19.4. The van der Waals surface area contributed by atoms with E-state index < -0.39 is 6.36 Å². The summed E-state index contributed by atoms with van der Waals surface area (Å²) in [5.74, 6) is -0.687. The van der Waals surface area contributed by atoms with E-state index in [0.717, 1.165) is 12.1 Å². The first kappa shape index (κ1) is 16.1. The third-order valence-corrected chi connectivity index (χ3v) is 3.35. The number of rotatable bonds is 2. The van der Waals surface area contributed by atoms with Gasteiger partial charge in [-0.05, 0) is 24.3 Å². The molecule has 0 aliphatic carbocycles. The van der Waals surface area contributed by atoms with Gasteiger partial charge in [-0.15, -0.1) is 13.2 Å². The minimum absolute atomic E-state index is 0.0410. The van der Waals surface area contributed by atoms with Gasteiger partial charge in [-0.1, -0.05) is 0 Å². The lowest BCUT2D eigenvalue weighted by atomic mass is 10.1. The van der Waals surface area contributed by atoms with Gasteiger partial charge in [-0.3, -0.25) is 9.59 Å². The lowest BCUT2D eigenvalue weighted by molar-refractivity contribution is -0.274. The molecule has 0 bridgehead atoms. The Labute approximate surface area is 125 Å². The molecule has 1 heterocycles. The zero-order valence-electron chi connectivity index (χ0n) is 11.9. The summed E-state index contributed by atoms with van der Waals surface area (Å²) in [5, 5.41) is 0. The molecule has 0 aromatic heterocycles. The van der Waals surface area contributed by atoms with E-state index in [1.165, 1.54) is 19.1 Å². The summed E-state index contributed by atoms with van der Waals surface area (Å²) in [5.41, 5.74) is 0.283. The van der Waals surface area contributed by atoms with Crippen molar-refractivity contribution in [2.45, 2.75) is 13.3 Å². The SMILES string of the molecule is CC(=O)N1CCN(C(=O)c2ccc(OC(F)(F)F)cc2)CC1. The molecule has 2 rings (SSSR count). The van der Waals surface area contributed by atoms with E-state index in [4.69, 9.17) is 0 Å². The molecule has 0 unspecified atom stereocenters. The first-order valence-electron chi connectivity index (χ1n) is 6.67. The van der Waals surface area contributed by atoms with Crippen LogP contribution >= 0.6 is 0 Å². The summed E-state index contributed by atoms with van der Waals surface area (Å²) in [4.78, 5) is 26.7. The van der Waals surface area contributed by atoms with Gasteiger partial charge in [0.1, 0.15) is 5.75 Å². The van der Waals surface area contributed by atoms with Gasteiger partial charge in [0.15, 0.2) is 0 Å². The molecule has 0 N–H and O–H groups in total. The molecule has 1 aliphatic heterocycles. The topological polar surface area (TPSA) is 49.9 Å². The standard InChI is InChI=1S/C14H15F3N2O3/c1-10(20)18-6-8-19(9-7-18)13(21)11-2-4-12(5-3-11)22-14(15,16)17/h2-5H,6-9H2,1H3. The van der Waals surface area contributed by atoms with E-state index in [2.05, 4.69) is 4.74 Å². The number of carbonyl (C=O) groups is 2. The van der Waals surface area contributed by atoms with Crippen molar-refractivity contribution in [1.82, 2.24) is 9.80 Å². The van der Waals surface area contributed by atoms with Gasteiger partial charge in [-0.25, -0.2) is 0 Å². The van der Waals surface area contributed by atoms with Crippen LogP contribution in [0.1, 0.15) is 17.3 Å². The van der Waals surface area contributed by atoms with Crippen molar-refractivity contribution in [2.24, 2.45) is 0 Å². The van der Waals surface area contributed by atoms with E-state index in [9.17, 15) is 22.8 Å². The van der Waals surface area contributed by atoms with Crippen molar-refractivity contribution in [2.75, 3.05) is 26.2 Å². The maximum absolute atomic E-state index is 12.2. The Morgan fingerprint density at radius 1 is 1.00 bits per heavy atom. The fourth-order valence-electron chi connectivity index (χ4n) is 2.21. The Morgan fingerprint density at radius 3 is 1.95 bits per heavy atom.